The highest BCUT2D eigenvalue weighted by Gasteiger charge is 2.22. The number of hydrogen-bond donors (Lipinski definition) is 1. The van der Waals surface area contributed by atoms with E-state index in [0.717, 1.165) is 40.6 Å². The number of nitrogen functional groups attached to an aromatic ring is 1. The number of oxime groups is 1. The molecule has 0 aliphatic rings. The molecular formula is C18H23N5O. The van der Waals surface area contributed by atoms with Crippen LogP contribution in [0.25, 0.3) is 21.9 Å². The second kappa shape index (κ2) is 6.11. The number of rotatable bonds is 5. The summed E-state index contributed by atoms with van der Waals surface area (Å²) in [4.78, 5) is 13.8. The molecule has 0 amide bonds. The van der Waals surface area contributed by atoms with Crippen LogP contribution < -0.4 is 5.73 Å². The average molecular weight is 325 g/mol. The molecule has 6 nitrogen and oxygen atoms in total. The van der Waals surface area contributed by atoms with E-state index in [1.807, 2.05) is 31.5 Å². The van der Waals surface area contributed by atoms with Crippen LogP contribution in [-0.2, 0) is 11.4 Å². The second-order valence-electron chi connectivity index (χ2n) is 6.93. The number of para-hydroxylation sites is 1. The molecule has 2 heterocycles. The van der Waals surface area contributed by atoms with Gasteiger partial charge in [0.05, 0.1) is 23.1 Å². The van der Waals surface area contributed by atoms with Gasteiger partial charge in [-0.15, -0.1) is 0 Å². The lowest BCUT2D eigenvalue weighted by molar-refractivity contribution is 0.209. The van der Waals surface area contributed by atoms with Gasteiger partial charge in [0.25, 0.3) is 0 Å². The number of imidazole rings is 1. The predicted octanol–water partition coefficient (Wildman–Crippen LogP) is 3.61. The van der Waals surface area contributed by atoms with E-state index in [9.17, 15) is 0 Å². The van der Waals surface area contributed by atoms with Crippen molar-refractivity contribution in [3.05, 3.63) is 30.6 Å². The maximum absolute atomic E-state index is 6.10. The van der Waals surface area contributed by atoms with Crippen molar-refractivity contribution in [1.29, 1.82) is 0 Å². The van der Waals surface area contributed by atoms with Crippen molar-refractivity contribution in [3.8, 4) is 0 Å². The van der Waals surface area contributed by atoms with Crippen molar-refractivity contribution >= 4 is 33.5 Å². The Morgan fingerprint density at radius 1 is 1.33 bits per heavy atom. The van der Waals surface area contributed by atoms with Crippen LogP contribution in [0.2, 0.25) is 0 Å². The lowest BCUT2D eigenvalue weighted by Crippen LogP contribution is -2.22. The highest BCUT2D eigenvalue weighted by atomic mass is 16.6. The van der Waals surface area contributed by atoms with E-state index in [1.54, 1.807) is 7.11 Å². The summed E-state index contributed by atoms with van der Waals surface area (Å²) in [5, 5.41) is 5.09. The quantitative estimate of drug-likeness (QED) is 0.574. The van der Waals surface area contributed by atoms with Crippen LogP contribution in [0.5, 0.6) is 0 Å². The van der Waals surface area contributed by atoms with Gasteiger partial charge >= 0.3 is 0 Å². The van der Waals surface area contributed by atoms with E-state index in [1.165, 1.54) is 0 Å². The van der Waals surface area contributed by atoms with Gasteiger partial charge in [0.15, 0.2) is 5.82 Å². The Hall–Kier alpha value is -2.63. The molecule has 24 heavy (non-hydrogen) atoms. The summed E-state index contributed by atoms with van der Waals surface area (Å²) in [5.74, 6) is 0.470. The van der Waals surface area contributed by atoms with Gasteiger partial charge in [-0.2, -0.15) is 0 Å². The number of fused-ring (bicyclic) bond motifs is 3. The summed E-state index contributed by atoms with van der Waals surface area (Å²) >= 11 is 0. The van der Waals surface area contributed by atoms with Gasteiger partial charge in [0, 0.05) is 11.9 Å². The average Bonchev–Trinajstić information content (AvgIpc) is 2.91. The number of pyridine rings is 1. The number of nitrogens with two attached hydrogens (primary N) is 1. The molecule has 0 aliphatic heterocycles. The van der Waals surface area contributed by atoms with Gasteiger partial charge in [-0.25, -0.2) is 9.97 Å². The third-order valence-electron chi connectivity index (χ3n) is 4.06. The maximum Gasteiger partial charge on any atom is 0.152 e. The summed E-state index contributed by atoms with van der Waals surface area (Å²) in [6.07, 6.45) is 2.68. The first kappa shape index (κ1) is 16.2. The van der Waals surface area contributed by atoms with E-state index in [2.05, 4.69) is 39.6 Å². The highest BCUT2D eigenvalue weighted by molar-refractivity contribution is 6.06. The summed E-state index contributed by atoms with van der Waals surface area (Å²) in [6.45, 7) is 7.20. The molecule has 126 valence electrons. The Morgan fingerprint density at radius 2 is 2.08 bits per heavy atom. The van der Waals surface area contributed by atoms with Gasteiger partial charge in [0.2, 0.25) is 0 Å². The molecule has 2 N–H and O–H groups in total. The van der Waals surface area contributed by atoms with Gasteiger partial charge in [-0.1, -0.05) is 37.2 Å². The first-order valence-electron chi connectivity index (χ1n) is 7.97. The molecule has 0 spiro atoms. The van der Waals surface area contributed by atoms with Crippen LogP contribution in [0, 0.1) is 5.41 Å². The topological polar surface area (TPSA) is 78.3 Å². The van der Waals surface area contributed by atoms with Crippen LogP contribution in [0.15, 0.2) is 35.7 Å². The van der Waals surface area contributed by atoms with Gasteiger partial charge in [-0.05, 0) is 24.8 Å². The zero-order valence-corrected chi connectivity index (χ0v) is 14.6. The molecule has 0 atom stereocenters. The molecule has 0 aliphatic carbocycles. The minimum absolute atomic E-state index is 0.00111. The molecule has 2 aromatic heterocycles. The van der Waals surface area contributed by atoms with Crippen LogP contribution in [0.1, 0.15) is 27.2 Å². The Bertz CT molecular complexity index is 910. The molecule has 0 bridgehead atoms. The SMILES string of the molecule is CO/N=C(\C)CC(C)(C)Cn1cnc2c(N)nc3ccccc3c21. The second-order valence-corrected chi connectivity index (χ2v) is 6.93. The lowest BCUT2D eigenvalue weighted by atomic mass is 9.87. The van der Waals surface area contributed by atoms with Crippen molar-refractivity contribution in [3.63, 3.8) is 0 Å². The monoisotopic (exact) mass is 325 g/mol. The van der Waals surface area contributed by atoms with E-state index < -0.39 is 0 Å². The zero-order chi connectivity index (χ0) is 17.3. The Kier molecular flexibility index (Phi) is 4.13. The number of aromatic nitrogens is 3. The molecule has 0 unspecified atom stereocenters. The fraction of sp³-hybridized carbons (Fsp3) is 0.389. The van der Waals surface area contributed by atoms with Crippen LogP contribution in [0.3, 0.4) is 0 Å². The number of nitrogens with zero attached hydrogens (tertiary/aromatic N) is 4. The van der Waals surface area contributed by atoms with Crippen molar-refractivity contribution in [2.75, 3.05) is 12.8 Å². The van der Waals surface area contributed by atoms with E-state index in [4.69, 9.17) is 10.6 Å². The first-order chi connectivity index (χ1) is 11.4. The molecular weight excluding hydrogens is 302 g/mol. The summed E-state index contributed by atoms with van der Waals surface area (Å²) in [6, 6.07) is 8.02. The van der Waals surface area contributed by atoms with Crippen LogP contribution in [-0.4, -0.2) is 27.4 Å². The van der Waals surface area contributed by atoms with Crippen molar-refractivity contribution < 1.29 is 4.84 Å². The third-order valence-corrected chi connectivity index (χ3v) is 4.06. The Balaban J connectivity index is 2.06. The molecule has 0 fully saturated rings. The third kappa shape index (κ3) is 3.04. The maximum atomic E-state index is 6.10. The molecule has 6 heteroatoms. The zero-order valence-electron chi connectivity index (χ0n) is 14.6. The normalized spacial score (nSPS) is 12.9. The molecule has 1 aromatic carbocycles. The Labute approximate surface area is 141 Å². The van der Waals surface area contributed by atoms with E-state index in [0.29, 0.717) is 5.82 Å². The minimum Gasteiger partial charge on any atom is -0.399 e. The fourth-order valence-electron chi connectivity index (χ4n) is 3.32. The highest BCUT2D eigenvalue weighted by Crippen LogP contribution is 2.31. The summed E-state index contributed by atoms with van der Waals surface area (Å²) < 4.78 is 2.16. The predicted molar refractivity (Wildman–Crippen MR) is 98.0 cm³/mol. The van der Waals surface area contributed by atoms with E-state index in [-0.39, 0.29) is 5.41 Å². The summed E-state index contributed by atoms with van der Waals surface area (Å²) in [7, 11) is 1.57. The van der Waals surface area contributed by atoms with Crippen molar-refractivity contribution in [2.45, 2.75) is 33.7 Å². The van der Waals surface area contributed by atoms with Crippen molar-refractivity contribution in [1.82, 2.24) is 14.5 Å². The van der Waals surface area contributed by atoms with Gasteiger partial charge in [0.1, 0.15) is 12.6 Å². The molecule has 3 aromatic rings. The minimum atomic E-state index is -0.00111. The molecule has 3 rings (SSSR count). The molecule has 0 saturated heterocycles. The van der Waals surface area contributed by atoms with Gasteiger partial charge < -0.3 is 15.1 Å². The van der Waals surface area contributed by atoms with Crippen molar-refractivity contribution in [2.24, 2.45) is 10.6 Å². The number of hydrogen-bond acceptors (Lipinski definition) is 5. The Morgan fingerprint density at radius 3 is 2.83 bits per heavy atom. The first-order valence-corrected chi connectivity index (χ1v) is 7.97. The standard InChI is InChI=1S/C18H23N5O/c1-12(22-24-4)9-18(2,3)10-23-11-20-15-16(23)13-7-5-6-8-14(13)21-17(15)19/h5-8,11H,9-10H2,1-4H3,(H2,19,21)/b22-12+. The summed E-state index contributed by atoms with van der Waals surface area (Å²) in [5.41, 5.74) is 9.75. The molecule has 0 saturated carbocycles. The smallest absolute Gasteiger partial charge is 0.152 e. The fourth-order valence-corrected chi connectivity index (χ4v) is 3.32. The van der Waals surface area contributed by atoms with Crippen LogP contribution in [0.4, 0.5) is 5.82 Å². The van der Waals surface area contributed by atoms with E-state index >= 15 is 0 Å². The number of anilines is 1. The lowest BCUT2D eigenvalue weighted by Gasteiger charge is -2.25. The number of benzene rings is 1. The molecule has 0 radical (unpaired) electrons. The van der Waals surface area contributed by atoms with Crippen LogP contribution >= 0.6 is 0 Å². The largest absolute Gasteiger partial charge is 0.399 e. The van der Waals surface area contributed by atoms with Gasteiger partial charge in [-0.3, -0.25) is 0 Å².